The van der Waals surface area contributed by atoms with E-state index >= 15 is 0 Å². The first-order valence-corrected chi connectivity index (χ1v) is 10.9. The molecule has 3 atom stereocenters. The van der Waals surface area contributed by atoms with E-state index in [0.29, 0.717) is 37.9 Å². The fourth-order valence-corrected chi connectivity index (χ4v) is 4.87. The summed E-state index contributed by atoms with van der Waals surface area (Å²) < 4.78 is 0. The van der Waals surface area contributed by atoms with E-state index in [1.165, 1.54) is 5.56 Å². The molecule has 0 bridgehead atoms. The molecule has 2 N–H and O–H groups in total. The first-order chi connectivity index (χ1) is 15.1. The first kappa shape index (κ1) is 21.1. The van der Waals surface area contributed by atoms with E-state index in [-0.39, 0.29) is 12.5 Å². The smallest absolute Gasteiger partial charge is 0.249 e. The molecule has 1 aromatic carbocycles. The van der Waals surface area contributed by atoms with Gasteiger partial charge in [-0.2, -0.15) is 5.26 Å². The fourth-order valence-electron chi connectivity index (χ4n) is 4.87. The van der Waals surface area contributed by atoms with Gasteiger partial charge in [0.05, 0.1) is 11.8 Å². The van der Waals surface area contributed by atoms with Crippen LogP contribution in [-0.2, 0) is 9.59 Å². The molecule has 3 fully saturated rings. The number of piperidine rings is 1. The largest absolute Gasteiger partial charge is 0.342 e. The molecule has 31 heavy (non-hydrogen) atoms. The van der Waals surface area contributed by atoms with Crippen molar-refractivity contribution < 1.29 is 14.8 Å². The highest BCUT2D eigenvalue weighted by atomic mass is 16.5. The van der Waals surface area contributed by atoms with Gasteiger partial charge in [0, 0.05) is 45.2 Å². The van der Waals surface area contributed by atoms with Gasteiger partial charge in [-0.1, -0.05) is 30.3 Å². The number of likely N-dealkylation sites (tertiary alicyclic amines) is 3. The Balaban J connectivity index is 1.46. The molecule has 0 spiro atoms. The Morgan fingerprint density at radius 3 is 2.39 bits per heavy atom. The van der Waals surface area contributed by atoms with Crippen LogP contribution in [0.1, 0.15) is 30.7 Å². The van der Waals surface area contributed by atoms with Crippen molar-refractivity contribution in [2.45, 2.75) is 25.2 Å². The lowest BCUT2D eigenvalue weighted by Gasteiger charge is -2.44. The third-order valence-electron chi connectivity index (χ3n) is 6.72. The second-order valence-corrected chi connectivity index (χ2v) is 8.46. The summed E-state index contributed by atoms with van der Waals surface area (Å²) in [7, 11) is 0. The van der Waals surface area contributed by atoms with Crippen molar-refractivity contribution >= 4 is 17.8 Å². The molecule has 9 heteroatoms. The lowest BCUT2D eigenvalue weighted by molar-refractivity contribution is -0.147. The minimum atomic E-state index is -0.702. The average molecular weight is 425 g/mol. The van der Waals surface area contributed by atoms with Gasteiger partial charge in [0.2, 0.25) is 24.0 Å². The molecular formula is C22H28N6O3. The van der Waals surface area contributed by atoms with E-state index in [2.05, 4.69) is 17.1 Å². The zero-order valence-electron chi connectivity index (χ0n) is 17.5. The Morgan fingerprint density at radius 2 is 1.74 bits per heavy atom. The molecule has 0 aliphatic carbocycles. The standard InChI is InChI=1S/C22H28N6O3/c23-15-24-22(26-9-4-10-26)28-12-8-18(19(14-28)20(29)25-31)21(30)27-11-7-17(13-27)16-5-2-1-3-6-16/h1-3,5-6,17-19,31H,4,7-14H2,(H,25,29)/t17-,18?,19?/m0/s1. The number of amides is 2. The molecule has 3 aliphatic heterocycles. The van der Waals surface area contributed by atoms with Gasteiger partial charge < -0.3 is 14.7 Å². The summed E-state index contributed by atoms with van der Waals surface area (Å²) >= 11 is 0. The monoisotopic (exact) mass is 424 g/mol. The van der Waals surface area contributed by atoms with E-state index in [9.17, 15) is 14.8 Å². The van der Waals surface area contributed by atoms with Crippen molar-refractivity contribution in [1.82, 2.24) is 20.2 Å². The number of rotatable bonds is 3. The van der Waals surface area contributed by atoms with Crippen molar-refractivity contribution in [3.8, 4) is 6.19 Å². The predicted molar refractivity (Wildman–Crippen MR) is 113 cm³/mol. The Morgan fingerprint density at radius 1 is 1.00 bits per heavy atom. The molecule has 0 saturated carbocycles. The SMILES string of the molecule is N#CN=C(N1CCC1)N1CCC(C(=O)N2CC[C@H](c3ccccc3)C2)C(C(=O)NO)C1. The third kappa shape index (κ3) is 4.35. The molecule has 0 aromatic heterocycles. The van der Waals surface area contributed by atoms with Crippen LogP contribution in [0.4, 0.5) is 0 Å². The van der Waals surface area contributed by atoms with Crippen LogP contribution in [0.3, 0.4) is 0 Å². The van der Waals surface area contributed by atoms with Crippen LogP contribution in [-0.4, -0.2) is 76.9 Å². The molecule has 3 aliphatic rings. The highest BCUT2D eigenvalue weighted by molar-refractivity contribution is 5.89. The third-order valence-corrected chi connectivity index (χ3v) is 6.72. The second kappa shape index (κ2) is 9.35. The van der Waals surface area contributed by atoms with Crippen molar-refractivity contribution in [2.75, 3.05) is 39.3 Å². The number of nitrogens with zero attached hydrogens (tertiary/aromatic N) is 5. The number of nitriles is 1. The average Bonchev–Trinajstić information content (AvgIpc) is 3.27. The van der Waals surface area contributed by atoms with Crippen molar-refractivity contribution in [3.05, 3.63) is 35.9 Å². The molecule has 4 rings (SSSR count). The van der Waals surface area contributed by atoms with Gasteiger partial charge in [-0.15, -0.1) is 4.99 Å². The van der Waals surface area contributed by atoms with Crippen molar-refractivity contribution in [3.63, 3.8) is 0 Å². The number of carbonyl (C=O) groups is 2. The molecule has 2 unspecified atom stereocenters. The number of nitrogens with one attached hydrogen (secondary N) is 1. The van der Waals surface area contributed by atoms with E-state index in [1.807, 2.05) is 39.1 Å². The predicted octanol–water partition coefficient (Wildman–Crippen LogP) is 0.989. The number of hydrogen-bond donors (Lipinski definition) is 2. The van der Waals surface area contributed by atoms with E-state index in [1.54, 1.807) is 5.48 Å². The van der Waals surface area contributed by atoms with Gasteiger partial charge in [-0.25, -0.2) is 5.48 Å². The highest BCUT2D eigenvalue weighted by Crippen LogP contribution is 2.32. The van der Waals surface area contributed by atoms with Gasteiger partial charge >= 0.3 is 0 Å². The summed E-state index contributed by atoms with van der Waals surface area (Å²) in [5.74, 6) is -0.946. The summed E-state index contributed by atoms with van der Waals surface area (Å²) in [4.78, 5) is 35.6. The summed E-state index contributed by atoms with van der Waals surface area (Å²) in [5.41, 5.74) is 2.96. The number of carbonyl (C=O) groups excluding carboxylic acids is 2. The van der Waals surface area contributed by atoms with Gasteiger partial charge in [0.1, 0.15) is 0 Å². The van der Waals surface area contributed by atoms with Crippen LogP contribution in [0.25, 0.3) is 0 Å². The van der Waals surface area contributed by atoms with Crippen LogP contribution in [0.2, 0.25) is 0 Å². The molecule has 2 amide bonds. The zero-order chi connectivity index (χ0) is 21.8. The maximum Gasteiger partial charge on any atom is 0.249 e. The zero-order valence-corrected chi connectivity index (χ0v) is 17.5. The van der Waals surface area contributed by atoms with E-state index in [4.69, 9.17) is 5.26 Å². The van der Waals surface area contributed by atoms with Gasteiger partial charge in [-0.3, -0.25) is 14.8 Å². The number of hydrogen-bond acceptors (Lipinski definition) is 5. The lowest BCUT2D eigenvalue weighted by Crippen LogP contribution is -2.58. The summed E-state index contributed by atoms with van der Waals surface area (Å²) in [6, 6.07) is 10.2. The Hall–Kier alpha value is -3.12. The van der Waals surface area contributed by atoms with Gasteiger partial charge in [0.15, 0.2) is 0 Å². The molecule has 0 radical (unpaired) electrons. The number of hydroxylamine groups is 1. The summed E-state index contributed by atoms with van der Waals surface area (Å²) in [6.45, 7) is 3.75. The Labute approximate surface area is 181 Å². The van der Waals surface area contributed by atoms with Crippen LogP contribution in [0, 0.1) is 23.3 Å². The Kier molecular flexibility index (Phi) is 6.37. The van der Waals surface area contributed by atoms with Gasteiger partial charge in [-0.05, 0) is 24.8 Å². The molecule has 3 saturated heterocycles. The first-order valence-electron chi connectivity index (χ1n) is 10.9. The number of benzene rings is 1. The van der Waals surface area contributed by atoms with Crippen LogP contribution < -0.4 is 5.48 Å². The van der Waals surface area contributed by atoms with Crippen LogP contribution in [0.15, 0.2) is 35.3 Å². The summed E-state index contributed by atoms with van der Waals surface area (Å²) in [5, 5.41) is 18.4. The Bertz CT molecular complexity index is 879. The maximum absolute atomic E-state index is 13.4. The number of aliphatic imine (C=N–C) groups is 1. The number of guanidine groups is 1. The maximum atomic E-state index is 13.4. The fraction of sp³-hybridized carbons (Fsp3) is 0.545. The van der Waals surface area contributed by atoms with Crippen LogP contribution in [0.5, 0.6) is 0 Å². The van der Waals surface area contributed by atoms with Crippen molar-refractivity contribution in [2.24, 2.45) is 16.8 Å². The highest BCUT2D eigenvalue weighted by Gasteiger charge is 2.43. The van der Waals surface area contributed by atoms with Crippen molar-refractivity contribution in [1.29, 1.82) is 5.26 Å². The molecule has 164 valence electrons. The van der Waals surface area contributed by atoms with E-state index in [0.717, 1.165) is 25.9 Å². The molecule has 3 heterocycles. The minimum absolute atomic E-state index is 0.0330. The molecule has 9 nitrogen and oxygen atoms in total. The van der Waals surface area contributed by atoms with E-state index < -0.39 is 17.7 Å². The molecular weight excluding hydrogens is 396 g/mol. The quantitative estimate of drug-likeness (QED) is 0.246. The normalized spacial score (nSPS) is 26.3. The topological polar surface area (TPSA) is 112 Å². The second-order valence-electron chi connectivity index (χ2n) is 8.46. The minimum Gasteiger partial charge on any atom is -0.342 e. The van der Waals surface area contributed by atoms with Crippen LogP contribution >= 0.6 is 0 Å². The van der Waals surface area contributed by atoms with Gasteiger partial charge in [0.25, 0.3) is 0 Å². The molecule has 1 aromatic rings. The lowest BCUT2D eigenvalue weighted by atomic mass is 9.83. The summed E-state index contributed by atoms with van der Waals surface area (Å²) in [6.07, 6.45) is 4.27.